The van der Waals surface area contributed by atoms with Crippen molar-refractivity contribution in [2.24, 2.45) is 0 Å². The fourth-order valence-corrected chi connectivity index (χ4v) is 2.21. The highest BCUT2D eigenvalue weighted by Crippen LogP contribution is 2.07. The van der Waals surface area contributed by atoms with Crippen LogP contribution in [0, 0.1) is 0 Å². The molecule has 0 bridgehead atoms. The highest BCUT2D eigenvalue weighted by atomic mass is 16.4. The van der Waals surface area contributed by atoms with Crippen LogP contribution in [0.25, 0.3) is 0 Å². The van der Waals surface area contributed by atoms with Crippen molar-refractivity contribution in [3.63, 3.8) is 0 Å². The van der Waals surface area contributed by atoms with Gasteiger partial charge in [-0.25, -0.2) is 0 Å². The molecule has 5 heteroatoms. The van der Waals surface area contributed by atoms with E-state index in [2.05, 4.69) is 6.92 Å². The molecular formula is C20H34O5. The summed E-state index contributed by atoms with van der Waals surface area (Å²) in [4.78, 5) is 10.3. The average Bonchev–Trinajstić information content (AvgIpc) is 2.57. The number of carboxylic acid groups (broad SMARTS) is 1. The molecule has 0 aromatic carbocycles. The summed E-state index contributed by atoms with van der Waals surface area (Å²) in [5.41, 5.74) is 0. The number of hydrogen-bond acceptors (Lipinski definition) is 4. The van der Waals surface area contributed by atoms with E-state index < -0.39 is 24.3 Å². The molecule has 0 radical (unpaired) electrons. The number of carboxylic acids is 1. The minimum absolute atomic E-state index is 0.186. The van der Waals surface area contributed by atoms with E-state index in [9.17, 15) is 20.1 Å². The van der Waals surface area contributed by atoms with Crippen LogP contribution in [0.1, 0.15) is 64.7 Å². The quantitative estimate of drug-likeness (QED) is 0.267. The fourth-order valence-electron chi connectivity index (χ4n) is 2.21. The van der Waals surface area contributed by atoms with Gasteiger partial charge in [0.05, 0.1) is 18.3 Å². The average molecular weight is 354 g/mol. The summed E-state index contributed by atoms with van der Waals surface area (Å²) in [7, 11) is 0. The van der Waals surface area contributed by atoms with Crippen LogP contribution in [0.5, 0.6) is 0 Å². The van der Waals surface area contributed by atoms with Crippen molar-refractivity contribution in [2.75, 3.05) is 0 Å². The molecule has 0 saturated carbocycles. The van der Waals surface area contributed by atoms with E-state index in [1.54, 1.807) is 12.2 Å². The molecule has 0 rings (SSSR count). The SMILES string of the molecule is CCCCC[C@H](O)/C=C/[C@H](O)[C@H](O)C/C=C\C/C=C\CCCC(=O)O. The number of carbonyl (C=O) groups is 1. The highest BCUT2D eigenvalue weighted by molar-refractivity contribution is 5.66. The zero-order valence-electron chi connectivity index (χ0n) is 15.3. The molecule has 3 atom stereocenters. The Bertz CT molecular complexity index is 414. The van der Waals surface area contributed by atoms with Gasteiger partial charge < -0.3 is 20.4 Å². The van der Waals surface area contributed by atoms with Gasteiger partial charge >= 0.3 is 5.97 Å². The van der Waals surface area contributed by atoms with Crippen molar-refractivity contribution in [2.45, 2.75) is 83.0 Å². The molecule has 0 aromatic heterocycles. The van der Waals surface area contributed by atoms with Gasteiger partial charge in [0.25, 0.3) is 0 Å². The van der Waals surface area contributed by atoms with Gasteiger partial charge in [-0.05, 0) is 32.1 Å². The van der Waals surface area contributed by atoms with E-state index in [1.165, 1.54) is 6.08 Å². The van der Waals surface area contributed by atoms with Crippen LogP contribution in [0.15, 0.2) is 36.5 Å². The second-order valence-corrected chi connectivity index (χ2v) is 6.21. The summed E-state index contributed by atoms with van der Waals surface area (Å²) in [5.74, 6) is -0.775. The largest absolute Gasteiger partial charge is 0.481 e. The standard InChI is InChI=1S/C20H34O5/c1-2-3-9-12-17(21)15-16-19(23)18(22)13-10-7-5-4-6-8-11-14-20(24)25/h4,6-7,10,15-19,21-23H,2-3,5,8-9,11-14H2,1H3,(H,24,25)/b6-4-,10-7-,16-15+/t17-,18+,19-/m0/s1. The molecular weight excluding hydrogens is 320 g/mol. The molecule has 0 aromatic rings. The zero-order valence-corrected chi connectivity index (χ0v) is 15.3. The number of unbranched alkanes of at least 4 members (excludes halogenated alkanes) is 3. The third kappa shape index (κ3) is 15.8. The van der Waals surface area contributed by atoms with E-state index >= 15 is 0 Å². The molecule has 0 aliphatic carbocycles. The van der Waals surface area contributed by atoms with Gasteiger partial charge in [-0.2, -0.15) is 0 Å². The normalized spacial score (nSPS) is 16.0. The van der Waals surface area contributed by atoms with Crippen LogP contribution in [-0.2, 0) is 4.79 Å². The summed E-state index contributed by atoms with van der Waals surface area (Å²) in [6.07, 6.45) is 14.6. The maximum atomic E-state index is 10.3. The predicted molar refractivity (Wildman–Crippen MR) is 100 cm³/mol. The maximum absolute atomic E-state index is 10.3. The number of aliphatic hydroxyl groups excluding tert-OH is 3. The zero-order chi connectivity index (χ0) is 18.9. The summed E-state index contributed by atoms with van der Waals surface area (Å²) in [5, 5.41) is 37.9. The lowest BCUT2D eigenvalue weighted by Gasteiger charge is -2.13. The van der Waals surface area contributed by atoms with Crippen molar-refractivity contribution in [3.05, 3.63) is 36.5 Å². The van der Waals surface area contributed by atoms with Gasteiger partial charge in [0.15, 0.2) is 0 Å². The van der Waals surface area contributed by atoms with E-state index in [0.717, 1.165) is 25.7 Å². The lowest BCUT2D eigenvalue weighted by molar-refractivity contribution is -0.137. The first kappa shape index (κ1) is 23.6. The molecule has 144 valence electrons. The third-order valence-electron chi connectivity index (χ3n) is 3.77. The maximum Gasteiger partial charge on any atom is 0.303 e. The van der Waals surface area contributed by atoms with Gasteiger partial charge in [-0.1, -0.05) is 62.6 Å². The Balaban J connectivity index is 3.86. The molecule has 4 N–H and O–H groups in total. The van der Waals surface area contributed by atoms with Crippen LogP contribution in [0.2, 0.25) is 0 Å². The van der Waals surface area contributed by atoms with Crippen molar-refractivity contribution in [3.8, 4) is 0 Å². The van der Waals surface area contributed by atoms with Crippen LogP contribution in [0.4, 0.5) is 0 Å². The lowest BCUT2D eigenvalue weighted by atomic mass is 10.1. The van der Waals surface area contributed by atoms with Gasteiger partial charge in [0, 0.05) is 6.42 Å². The molecule has 0 aliphatic heterocycles. The molecule has 0 unspecified atom stereocenters. The van der Waals surface area contributed by atoms with Crippen LogP contribution >= 0.6 is 0 Å². The van der Waals surface area contributed by atoms with Crippen molar-refractivity contribution < 1.29 is 25.2 Å². The Morgan fingerprint density at radius 3 is 2.36 bits per heavy atom. The second-order valence-electron chi connectivity index (χ2n) is 6.21. The molecule has 0 amide bonds. The van der Waals surface area contributed by atoms with Gasteiger partial charge in [0.1, 0.15) is 0 Å². The third-order valence-corrected chi connectivity index (χ3v) is 3.77. The van der Waals surface area contributed by atoms with Crippen LogP contribution in [0.3, 0.4) is 0 Å². The van der Waals surface area contributed by atoms with E-state index in [-0.39, 0.29) is 6.42 Å². The van der Waals surface area contributed by atoms with E-state index in [0.29, 0.717) is 25.7 Å². The summed E-state index contributed by atoms with van der Waals surface area (Å²) >= 11 is 0. The van der Waals surface area contributed by atoms with E-state index in [1.807, 2.05) is 18.2 Å². The molecule has 0 aliphatic rings. The smallest absolute Gasteiger partial charge is 0.303 e. The topological polar surface area (TPSA) is 98.0 Å². The summed E-state index contributed by atoms with van der Waals surface area (Å²) in [6.45, 7) is 2.10. The number of hydrogen-bond donors (Lipinski definition) is 4. The van der Waals surface area contributed by atoms with Gasteiger partial charge in [-0.3, -0.25) is 4.79 Å². The first-order valence-electron chi connectivity index (χ1n) is 9.21. The molecule has 0 saturated heterocycles. The number of rotatable bonds is 15. The highest BCUT2D eigenvalue weighted by Gasteiger charge is 2.11. The van der Waals surface area contributed by atoms with Crippen molar-refractivity contribution >= 4 is 5.97 Å². The summed E-state index contributed by atoms with van der Waals surface area (Å²) in [6, 6.07) is 0. The Hall–Kier alpha value is -1.43. The summed E-state index contributed by atoms with van der Waals surface area (Å²) < 4.78 is 0. The first-order chi connectivity index (χ1) is 12.0. The van der Waals surface area contributed by atoms with Crippen LogP contribution in [-0.4, -0.2) is 44.7 Å². The predicted octanol–water partition coefficient (Wildman–Crippen LogP) is 3.35. The minimum Gasteiger partial charge on any atom is -0.481 e. The van der Waals surface area contributed by atoms with Crippen molar-refractivity contribution in [1.29, 1.82) is 0 Å². The molecule has 25 heavy (non-hydrogen) atoms. The van der Waals surface area contributed by atoms with Crippen LogP contribution < -0.4 is 0 Å². The van der Waals surface area contributed by atoms with Crippen molar-refractivity contribution in [1.82, 2.24) is 0 Å². The second kappa shape index (κ2) is 16.1. The minimum atomic E-state index is -0.989. The first-order valence-corrected chi connectivity index (χ1v) is 9.21. The Kier molecular flexibility index (Phi) is 15.1. The molecule has 0 spiro atoms. The van der Waals surface area contributed by atoms with Gasteiger partial charge in [-0.15, -0.1) is 0 Å². The number of aliphatic carboxylic acids is 1. The number of aliphatic hydroxyl groups is 3. The Morgan fingerprint density at radius 1 is 0.960 bits per heavy atom. The lowest BCUT2D eigenvalue weighted by Crippen LogP contribution is -2.23. The molecule has 5 nitrogen and oxygen atoms in total. The Morgan fingerprint density at radius 2 is 1.68 bits per heavy atom. The molecule has 0 fully saturated rings. The monoisotopic (exact) mass is 354 g/mol. The Labute approximate surface area is 151 Å². The fraction of sp³-hybridized carbons (Fsp3) is 0.650. The van der Waals surface area contributed by atoms with E-state index in [4.69, 9.17) is 5.11 Å². The molecule has 0 heterocycles. The van der Waals surface area contributed by atoms with Gasteiger partial charge in [0.2, 0.25) is 0 Å². The number of allylic oxidation sites excluding steroid dienone is 3.